The molecule has 3 rings (SSSR count). The lowest BCUT2D eigenvalue weighted by Gasteiger charge is -2.30. The molecule has 122 valence electrons. The van der Waals surface area contributed by atoms with E-state index in [9.17, 15) is 0 Å². The van der Waals surface area contributed by atoms with Gasteiger partial charge in [-0.25, -0.2) is 0 Å². The standard InChI is InChI=1S/C22H24N2/c1-23-16-18-24(19-17-23)15-9-8-14-22(20-10-4-2-5-11-20)21-12-6-3-7-13-21/h2-7,10-14H,15-19H2,1H3. The molecular weight excluding hydrogens is 292 g/mol. The maximum absolute atomic E-state index is 3.32. The van der Waals surface area contributed by atoms with Gasteiger partial charge in [-0.15, -0.1) is 0 Å². The smallest absolute Gasteiger partial charge is 0.0606 e. The third kappa shape index (κ3) is 4.58. The molecule has 0 N–H and O–H groups in total. The Balaban J connectivity index is 1.75. The average molecular weight is 316 g/mol. The number of piperazine rings is 1. The van der Waals surface area contributed by atoms with Gasteiger partial charge in [0, 0.05) is 26.2 Å². The lowest BCUT2D eigenvalue weighted by Crippen LogP contribution is -2.44. The molecule has 0 radical (unpaired) electrons. The third-order valence-corrected chi connectivity index (χ3v) is 4.39. The van der Waals surface area contributed by atoms with Crippen LogP contribution in [0.3, 0.4) is 0 Å². The molecule has 2 heteroatoms. The first-order valence-electron chi connectivity index (χ1n) is 8.53. The summed E-state index contributed by atoms with van der Waals surface area (Å²) in [6, 6.07) is 20.9. The first-order valence-corrected chi connectivity index (χ1v) is 8.53. The van der Waals surface area contributed by atoms with E-state index >= 15 is 0 Å². The molecule has 0 aromatic heterocycles. The molecule has 1 aliphatic rings. The van der Waals surface area contributed by atoms with Crippen molar-refractivity contribution in [2.75, 3.05) is 39.8 Å². The summed E-state index contributed by atoms with van der Waals surface area (Å²) in [6.45, 7) is 5.34. The Morgan fingerprint density at radius 3 is 1.96 bits per heavy atom. The number of likely N-dealkylation sites (N-methyl/N-ethyl adjacent to an activating group) is 1. The first-order chi connectivity index (χ1) is 11.8. The highest BCUT2D eigenvalue weighted by Crippen LogP contribution is 2.22. The number of rotatable bonds is 3. The van der Waals surface area contributed by atoms with Crippen LogP contribution in [0.2, 0.25) is 0 Å². The van der Waals surface area contributed by atoms with E-state index in [0.717, 1.165) is 32.7 Å². The van der Waals surface area contributed by atoms with Crippen LogP contribution >= 0.6 is 0 Å². The lowest BCUT2D eigenvalue weighted by atomic mass is 9.98. The van der Waals surface area contributed by atoms with Gasteiger partial charge >= 0.3 is 0 Å². The fourth-order valence-corrected chi connectivity index (χ4v) is 2.86. The maximum Gasteiger partial charge on any atom is 0.0606 e. The van der Waals surface area contributed by atoms with Gasteiger partial charge in [0.1, 0.15) is 0 Å². The molecule has 0 saturated carbocycles. The predicted octanol–water partition coefficient (Wildman–Crippen LogP) is 3.37. The average Bonchev–Trinajstić information content (AvgIpc) is 2.65. The van der Waals surface area contributed by atoms with Gasteiger partial charge in [-0.05, 0) is 29.8 Å². The summed E-state index contributed by atoms with van der Waals surface area (Å²) < 4.78 is 0. The zero-order valence-electron chi connectivity index (χ0n) is 14.3. The summed E-state index contributed by atoms with van der Waals surface area (Å²) in [6.07, 6.45) is 2.06. The van der Waals surface area contributed by atoms with Crippen LogP contribution in [0.1, 0.15) is 11.1 Å². The monoisotopic (exact) mass is 316 g/mol. The van der Waals surface area contributed by atoms with Crippen molar-refractivity contribution in [3.8, 4) is 11.8 Å². The number of nitrogens with zero attached hydrogens (tertiary/aromatic N) is 2. The Labute approximate surface area is 145 Å². The van der Waals surface area contributed by atoms with Crippen molar-refractivity contribution < 1.29 is 0 Å². The summed E-state index contributed by atoms with van der Waals surface area (Å²) in [5.41, 5.74) is 3.59. The molecule has 2 nitrogen and oxygen atoms in total. The van der Waals surface area contributed by atoms with E-state index in [4.69, 9.17) is 0 Å². The Morgan fingerprint density at radius 2 is 1.42 bits per heavy atom. The van der Waals surface area contributed by atoms with E-state index < -0.39 is 0 Å². The third-order valence-electron chi connectivity index (χ3n) is 4.39. The van der Waals surface area contributed by atoms with Gasteiger partial charge in [-0.3, -0.25) is 4.90 Å². The minimum Gasteiger partial charge on any atom is -0.304 e. The van der Waals surface area contributed by atoms with Gasteiger partial charge < -0.3 is 4.90 Å². The molecule has 2 aromatic carbocycles. The van der Waals surface area contributed by atoms with Gasteiger partial charge in [0.15, 0.2) is 0 Å². The summed E-state index contributed by atoms with van der Waals surface area (Å²) in [7, 11) is 2.18. The molecule has 1 aliphatic heterocycles. The summed E-state index contributed by atoms with van der Waals surface area (Å²) in [5.74, 6) is 6.59. The Hall–Kier alpha value is -2.34. The highest BCUT2D eigenvalue weighted by Gasteiger charge is 2.11. The second-order valence-corrected chi connectivity index (χ2v) is 6.19. The number of hydrogen-bond acceptors (Lipinski definition) is 2. The number of hydrogen-bond donors (Lipinski definition) is 0. The molecule has 2 aromatic rings. The molecular formula is C22H24N2. The fourth-order valence-electron chi connectivity index (χ4n) is 2.86. The van der Waals surface area contributed by atoms with Gasteiger partial charge in [0.25, 0.3) is 0 Å². The van der Waals surface area contributed by atoms with Gasteiger partial charge in [0.2, 0.25) is 0 Å². The van der Waals surface area contributed by atoms with Crippen LogP contribution in [0.25, 0.3) is 5.57 Å². The van der Waals surface area contributed by atoms with Gasteiger partial charge in [-0.1, -0.05) is 72.5 Å². The zero-order valence-corrected chi connectivity index (χ0v) is 14.3. The van der Waals surface area contributed by atoms with Crippen molar-refractivity contribution in [2.45, 2.75) is 0 Å². The maximum atomic E-state index is 3.32. The highest BCUT2D eigenvalue weighted by atomic mass is 15.2. The lowest BCUT2D eigenvalue weighted by molar-refractivity contribution is 0.168. The van der Waals surface area contributed by atoms with Crippen LogP contribution in [0, 0.1) is 11.8 Å². The molecule has 0 unspecified atom stereocenters. The first kappa shape index (κ1) is 16.5. The molecule has 1 fully saturated rings. The topological polar surface area (TPSA) is 6.48 Å². The van der Waals surface area contributed by atoms with Crippen molar-refractivity contribution in [3.05, 3.63) is 77.9 Å². The number of benzene rings is 2. The van der Waals surface area contributed by atoms with Crippen LogP contribution in [0.15, 0.2) is 66.7 Å². The van der Waals surface area contributed by atoms with Crippen LogP contribution in [0.5, 0.6) is 0 Å². The van der Waals surface area contributed by atoms with E-state index in [2.05, 4.69) is 83.3 Å². The minimum absolute atomic E-state index is 0.848. The minimum atomic E-state index is 0.848. The van der Waals surface area contributed by atoms with Crippen molar-refractivity contribution in [3.63, 3.8) is 0 Å². The molecule has 0 bridgehead atoms. The van der Waals surface area contributed by atoms with Crippen molar-refractivity contribution in [1.82, 2.24) is 9.80 Å². The molecule has 0 amide bonds. The van der Waals surface area contributed by atoms with E-state index in [-0.39, 0.29) is 0 Å². The molecule has 0 spiro atoms. The van der Waals surface area contributed by atoms with Crippen LogP contribution in [-0.4, -0.2) is 49.6 Å². The SMILES string of the molecule is CN1CCN(CC#CC=C(c2ccccc2)c2ccccc2)CC1. The Bertz CT molecular complexity index is 673. The summed E-state index contributed by atoms with van der Waals surface area (Å²) in [5, 5.41) is 0. The zero-order chi connectivity index (χ0) is 16.6. The van der Waals surface area contributed by atoms with E-state index in [1.54, 1.807) is 0 Å². The van der Waals surface area contributed by atoms with Crippen molar-refractivity contribution in [1.29, 1.82) is 0 Å². The van der Waals surface area contributed by atoms with Gasteiger partial charge in [-0.2, -0.15) is 0 Å². The largest absolute Gasteiger partial charge is 0.304 e. The molecule has 0 atom stereocenters. The Morgan fingerprint density at radius 1 is 0.875 bits per heavy atom. The second-order valence-electron chi connectivity index (χ2n) is 6.19. The summed E-state index contributed by atoms with van der Waals surface area (Å²) in [4.78, 5) is 4.79. The second kappa shape index (κ2) is 8.49. The molecule has 24 heavy (non-hydrogen) atoms. The quantitative estimate of drug-likeness (QED) is 0.801. The highest BCUT2D eigenvalue weighted by molar-refractivity contribution is 5.81. The van der Waals surface area contributed by atoms with Crippen molar-refractivity contribution >= 4 is 5.57 Å². The molecule has 1 saturated heterocycles. The number of allylic oxidation sites excluding steroid dienone is 1. The van der Waals surface area contributed by atoms with Gasteiger partial charge in [0.05, 0.1) is 6.54 Å². The summed E-state index contributed by atoms with van der Waals surface area (Å²) >= 11 is 0. The van der Waals surface area contributed by atoms with Crippen LogP contribution in [0.4, 0.5) is 0 Å². The normalized spacial score (nSPS) is 15.4. The Kier molecular flexibility index (Phi) is 5.85. The van der Waals surface area contributed by atoms with Crippen LogP contribution in [-0.2, 0) is 0 Å². The van der Waals surface area contributed by atoms with E-state index in [1.165, 1.54) is 16.7 Å². The fraction of sp³-hybridized carbons (Fsp3) is 0.273. The van der Waals surface area contributed by atoms with Crippen LogP contribution < -0.4 is 0 Å². The molecule has 1 heterocycles. The van der Waals surface area contributed by atoms with Crippen molar-refractivity contribution in [2.24, 2.45) is 0 Å². The predicted molar refractivity (Wildman–Crippen MR) is 102 cm³/mol. The van der Waals surface area contributed by atoms with E-state index in [0.29, 0.717) is 0 Å². The van der Waals surface area contributed by atoms with E-state index in [1.807, 2.05) is 12.1 Å². The molecule has 0 aliphatic carbocycles.